The lowest BCUT2D eigenvalue weighted by atomic mass is 10.1. The average Bonchev–Trinajstić information content (AvgIpc) is 3.12. The molecule has 0 bridgehead atoms. The number of hydrogen-bond donors (Lipinski definition) is 1. The number of carbonyl (C=O) groups is 1. The Morgan fingerprint density at radius 2 is 1.96 bits per heavy atom. The van der Waals surface area contributed by atoms with Gasteiger partial charge in [-0.2, -0.15) is 4.98 Å². The van der Waals surface area contributed by atoms with Gasteiger partial charge in [0.1, 0.15) is 11.8 Å². The van der Waals surface area contributed by atoms with E-state index >= 15 is 0 Å². The van der Waals surface area contributed by atoms with Crippen LogP contribution in [-0.2, 0) is 0 Å². The van der Waals surface area contributed by atoms with Crippen molar-refractivity contribution in [1.29, 1.82) is 0 Å². The number of carbonyl (C=O) groups excluding carboxylic acids is 1. The third-order valence-corrected chi connectivity index (χ3v) is 3.79. The summed E-state index contributed by atoms with van der Waals surface area (Å²) in [4.78, 5) is 16.7. The standard InChI is InChI=1S/C19H19N3O3/c1-12-5-4-6-15(11-12)18(23)20-13(2)19-21-17(22-25-19)14-7-9-16(24-3)10-8-14/h4-11,13H,1-3H3,(H,20,23)/t13-/m0/s1. The van der Waals surface area contributed by atoms with E-state index in [0.717, 1.165) is 16.9 Å². The predicted molar refractivity (Wildman–Crippen MR) is 93.3 cm³/mol. The van der Waals surface area contributed by atoms with E-state index in [2.05, 4.69) is 15.5 Å². The Morgan fingerprint density at radius 3 is 2.64 bits per heavy atom. The molecule has 3 aromatic rings. The van der Waals surface area contributed by atoms with Crippen LogP contribution >= 0.6 is 0 Å². The Labute approximate surface area is 145 Å². The summed E-state index contributed by atoms with van der Waals surface area (Å²) in [5.41, 5.74) is 2.44. The summed E-state index contributed by atoms with van der Waals surface area (Å²) in [5, 5.41) is 6.85. The number of amides is 1. The maximum absolute atomic E-state index is 12.3. The molecule has 0 fully saturated rings. The van der Waals surface area contributed by atoms with Gasteiger partial charge in [0.05, 0.1) is 7.11 Å². The quantitative estimate of drug-likeness (QED) is 0.770. The van der Waals surface area contributed by atoms with Gasteiger partial charge in [0, 0.05) is 11.1 Å². The zero-order valence-corrected chi connectivity index (χ0v) is 14.3. The van der Waals surface area contributed by atoms with Gasteiger partial charge < -0.3 is 14.6 Å². The van der Waals surface area contributed by atoms with Crippen LogP contribution in [0.2, 0.25) is 0 Å². The molecular formula is C19H19N3O3. The number of aryl methyl sites for hydroxylation is 1. The Morgan fingerprint density at radius 1 is 1.20 bits per heavy atom. The van der Waals surface area contributed by atoms with Crippen LogP contribution in [0.5, 0.6) is 5.75 Å². The first-order valence-electron chi connectivity index (χ1n) is 7.92. The van der Waals surface area contributed by atoms with Gasteiger partial charge in [0.25, 0.3) is 5.91 Å². The summed E-state index contributed by atoms with van der Waals surface area (Å²) in [7, 11) is 1.61. The van der Waals surface area contributed by atoms with Gasteiger partial charge >= 0.3 is 0 Å². The van der Waals surface area contributed by atoms with Crippen LogP contribution < -0.4 is 10.1 Å². The Kier molecular flexibility index (Phi) is 4.79. The number of methoxy groups -OCH3 is 1. The first-order valence-corrected chi connectivity index (χ1v) is 7.92. The molecule has 6 nitrogen and oxygen atoms in total. The molecule has 128 valence electrons. The molecule has 1 aromatic heterocycles. The van der Waals surface area contributed by atoms with Crippen molar-refractivity contribution in [3.8, 4) is 17.1 Å². The lowest BCUT2D eigenvalue weighted by molar-refractivity contribution is 0.0932. The van der Waals surface area contributed by atoms with E-state index in [0.29, 0.717) is 17.3 Å². The van der Waals surface area contributed by atoms with E-state index in [-0.39, 0.29) is 5.91 Å². The molecule has 1 atom stereocenters. The third kappa shape index (κ3) is 3.85. The molecule has 0 aliphatic heterocycles. The lowest BCUT2D eigenvalue weighted by Crippen LogP contribution is -2.26. The summed E-state index contributed by atoms with van der Waals surface area (Å²) in [6.45, 7) is 3.75. The molecule has 6 heteroatoms. The maximum Gasteiger partial charge on any atom is 0.251 e. The SMILES string of the molecule is COc1ccc(-c2noc([C@H](C)NC(=O)c3cccc(C)c3)n2)cc1. The summed E-state index contributed by atoms with van der Waals surface area (Å²) in [6.07, 6.45) is 0. The third-order valence-electron chi connectivity index (χ3n) is 3.79. The van der Waals surface area contributed by atoms with Gasteiger partial charge in [-0.25, -0.2) is 0 Å². The van der Waals surface area contributed by atoms with Crippen LogP contribution in [0.25, 0.3) is 11.4 Å². The number of nitrogens with one attached hydrogen (secondary N) is 1. The average molecular weight is 337 g/mol. The second kappa shape index (κ2) is 7.17. The molecule has 25 heavy (non-hydrogen) atoms. The maximum atomic E-state index is 12.3. The van der Waals surface area contributed by atoms with Crippen molar-refractivity contribution >= 4 is 5.91 Å². The molecule has 0 unspecified atom stereocenters. The fourth-order valence-corrected chi connectivity index (χ4v) is 2.40. The van der Waals surface area contributed by atoms with E-state index in [1.807, 2.05) is 49.4 Å². The highest BCUT2D eigenvalue weighted by atomic mass is 16.5. The molecule has 0 aliphatic carbocycles. The molecule has 0 saturated carbocycles. The van der Waals surface area contributed by atoms with Crippen LogP contribution in [0.4, 0.5) is 0 Å². The Bertz CT molecular complexity index is 872. The zero-order valence-electron chi connectivity index (χ0n) is 14.3. The van der Waals surface area contributed by atoms with Crippen molar-refractivity contribution in [2.24, 2.45) is 0 Å². The van der Waals surface area contributed by atoms with E-state index < -0.39 is 6.04 Å². The highest BCUT2D eigenvalue weighted by Gasteiger charge is 2.18. The van der Waals surface area contributed by atoms with Crippen molar-refractivity contribution in [3.63, 3.8) is 0 Å². The van der Waals surface area contributed by atoms with Gasteiger partial charge in [0.15, 0.2) is 0 Å². The monoisotopic (exact) mass is 337 g/mol. The summed E-state index contributed by atoms with van der Waals surface area (Å²) < 4.78 is 10.4. The predicted octanol–water partition coefficient (Wildman–Crippen LogP) is 3.54. The lowest BCUT2D eigenvalue weighted by Gasteiger charge is -2.10. The zero-order chi connectivity index (χ0) is 17.8. The molecule has 0 radical (unpaired) electrons. The highest BCUT2D eigenvalue weighted by Crippen LogP contribution is 2.21. The van der Waals surface area contributed by atoms with E-state index in [9.17, 15) is 4.79 Å². The molecule has 1 amide bonds. The molecule has 0 saturated heterocycles. The molecular weight excluding hydrogens is 318 g/mol. The van der Waals surface area contributed by atoms with Crippen LogP contribution in [0, 0.1) is 6.92 Å². The number of hydrogen-bond acceptors (Lipinski definition) is 5. The highest BCUT2D eigenvalue weighted by molar-refractivity contribution is 5.94. The molecule has 0 aliphatic rings. The number of rotatable bonds is 5. The Balaban J connectivity index is 1.71. The molecule has 0 spiro atoms. The van der Waals surface area contributed by atoms with E-state index in [4.69, 9.17) is 9.26 Å². The number of nitrogens with zero attached hydrogens (tertiary/aromatic N) is 2. The summed E-state index contributed by atoms with van der Waals surface area (Å²) in [5.74, 6) is 1.40. The van der Waals surface area contributed by atoms with Gasteiger partial charge in [-0.3, -0.25) is 4.79 Å². The van der Waals surface area contributed by atoms with Crippen molar-refractivity contribution in [2.75, 3.05) is 7.11 Å². The first kappa shape index (κ1) is 16.7. The van der Waals surface area contributed by atoms with Crippen molar-refractivity contribution < 1.29 is 14.1 Å². The molecule has 2 aromatic carbocycles. The number of ether oxygens (including phenoxy) is 1. The van der Waals surface area contributed by atoms with Crippen LogP contribution in [-0.4, -0.2) is 23.2 Å². The normalized spacial score (nSPS) is 11.8. The molecule has 1 N–H and O–H groups in total. The number of benzene rings is 2. The van der Waals surface area contributed by atoms with Gasteiger partial charge in [-0.15, -0.1) is 0 Å². The van der Waals surface area contributed by atoms with Crippen LogP contribution in [0.15, 0.2) is 53.1 Å². The van der Waals surface area contributed by atoms with Crippen LogP contribution in [0.1, 0.15) is 34.8 Å². The van der Waals surface area contributed by atoms with Crippen molar-refractivity contribution in [2.45, 2.75) is 19.9 Å². The second-order valence-electron chi connectivity index (χ2n) is 5.75. The second-order valence-corrected chi connectivity index (χ2v) is 5.75. The van der Waals surface area contributed by atoms with E-state index in [1.54, 1.807) is 20.1 Å². The first-order chi connectivity index (χ1) is 12.1. The van der Waals surface area contributed by atoms with Gasteiger partial charge in [-0.05, 0) is 50.2 Å². The van der Waals surface area contributed by atoms with Crippen LogP contribution in [0.3, 0.4) is 0 Å². The van der Waals surface area contributed by atoms with Crippen molar-refractivity contribution in [3.05, 3.63) is 65.5 Å². The van der Waals surface area contributed by atoms with Gasteiger partial charge in [-0.1, -0.05) is 22.9 Å². The minimum absolute atomic E-state index is 0.180. The molecule has 1 heterocycles. The minimum atomic E-state index is -0.396. The van der Waals surface area contributed by atoms with Gasteiger partial charge in [0.2, 0.25) is 11.7 Å². The summed E-state index contributed by atoms with van der Waals surface area (Å²) in [6, 6.07) is 14.4. The minimum Gasteiger partial charge on any atom is -0.497 e. The topological polar surface area (TPSA) is 77.3 Å². The molecule has 3 rings (SSSR count). The fourth-order valence-electron chi connectivity index (χ4n) is 2.40. The van der Waals surface area contributed by atoms with Crippen molar-refractivity contribution in [1.82, 2.24) is 15.5 Å². The number of aromatic nitrogens is 2. The fraction of sp³-hybridized carbons (Fsp3) is 0.211. The van der Waals surface area contributed by atoms with E-state index in [1.165, 1.54) is 0 Å². The smallest absolute Gasteiger partial charge is 0.251 e. The summed E-state index contributed by atoms with van der Waals surface area (Å²) >= 11 is 0. The largest absolute Gasteiger partial charge is 0.497 e. The Hall–Kier alpha value is -3.15.